The first-order valence-corrected chi connectivity index (χ1v) is 6.84. The third kappa shape index (κ3) is 2.76. The van der Waals surface area contributed by atoms with Crippen LogP contribution in [0.1, 0.15) is 12.8 Å². The van der Waals surface area contributed by atoms with Gasteiger partial charge in [-0.3, -0.25) is 9.69 Å². The molecule has 110 valence electrons. The zero-order valence-electron chi connectivity index (χ0n) is 12.0. The standard InChI is InChI=1S/C13H25N3O3/c1-15-13(12(14)17,9-4-5-9)8-16-6-10(18-2)11(7-16)19-3/h9-11,15H,4-8H2,1-3H3,(H2,14,17). The van der Waals surface area contributed by atoms with Gasteiger partial charge in [-0.25, -0.2) is 0 Å². The monoisotopic (exact) mass is 271 g/mol. The largest absolute Gasteiger partial charge is 0.377 e. The molecule has 19 heavy (non-hydrogen) atoms. The van der Waals surface area contributed by atoms with Crippen molar-refractivity contribution in [2.45, 2.75) is 30.6 Å². The van der Waals surface area contributed by atoms with Crippen molar-refractivity contribution in [1.29, 1.82) is 0 Å². The predicted octanol–water partition coefficient (Wildman–Crippen LogP) is -0.814. The van der Waals surface area contributed by atoms with Gasteiger partial charge in [-0.2, -0.15) is 0 Å². The fraction of sp³-hybridized carbons (Fsp3) is 0.923. The number of likely N-dealkylation sites (tertiary alicyclic amines) is 1. The van der Waals surface area contributed by atoms with Crippen molar-refractivity contribution < 1.29 is 14.3 Å². The van der Waals surface area contributed by atoms with E-state index in [-0.39, 0.29) is 18.1 Å². The zero-order valence-corrected chi connectivity index (χ0v) is 12.0. The Morgan fingerprint density at radius 3 is 2.16 bits per heavy atom. The van der Waals surface area contributed by atoms with E-state index >= 15 is 0 Å². The lowest BCUT2D eigenvalue weighted by atomic mass is 9.91. The van der Waals surface area contributed by atoms with Gasteiger partial charge in [0.15, 0.2) is 0 Å². The summed E-state index contributed by atoms with van der Waals surface area (Å²) in [4.78, 5) is 14.1. The Bertz CT molecular complexity index is 323. The molecule has 3 N–H and O–H groups in total. The molecule has 0 spiro atoms. The Labute approximate surface area is 114 Å². The third-order valence-corrected chi connectivity index (χ3v) is 4.53. The number of ether oxygens (including phenoxy) is 2. The Morgan fingerprint density at radius 2 is 1.84 bits per heavy atom. The molecule has 1 heterocycles. The number of hydrogen-bond donors (Lipinski definition) is 2. The van der Waals surface area contributed by atoms with Gasteiger partial charge in [0, 0.05) is 33.9 Å². The van der Waals surface area contributed by atoms with E-state index < -0.39 is 5.54 Å². The molecular weight excluding hydrogens is 246 g/mol. The molecule has 0 bridgehead atoms. The highest BCUT2D eigenvalue weighted by Gasteiger charge is 2.51. The fourth-order valence-electron chi connectivity index (χ4n) is 3.14. The normalized spacial score (nSPS) is 31.3. The number of likely N-dealkylation sites (N-methyl/N-ethyl adjacent to an activating group) is 1. The number of primary amides is 1. The van der Waals surface area contributed by atoms with Crippen molar-refractivity contribution in [3.63, 3.8) is 0 Å². The first kappa shape index (κ1) is 14.7. The van der Waals surface area contributed by atoms with Crippen molar-refractivity contribution in [2.75, 3.05) is 40.9 Å². The average Bonchev–Trinajstić information content (AvgIpc) is 3.17. The maximum absolute atomic E-state index is 11.9. The van der Waals surface area contributed by atoms with E-state index in [1.807, 2.05) is 7.05 Å². The highest BCUT2D eigenvalue weighted by Crippen LogP contribution is 2.40. The average molecular weight is 271 g/mol. The lowest BCUT2D eigenvalue weighted by Gasteiger charge is -2.34. The van der Waals surface area contributed by atoms with E-state index in [2.05, 4.69) is 10.2 Å². The summed E-state index contributed by atoms with van der Waals surface area (Å²) in [6.07, 6.45) is 2.26. The van der Waals surface area contributed by atoms with Crippen LogP contribution in [-0.4, -0.2) is 69.5 Å². The first-order valence-electron chi connectivity index (χ1n) is 6.84. The van der Waals surface area contributed by atoms with Gasteiger partial charge in [0.05, 0.1) is 12.2 Å². The van der Waals surface area contributed by atoms with Gasteiger partial charge in [0.25, 0.3) is 0 Å². The molecule has 2 fully saturated rings. The zero-order chi connectivity index (χ0) is 14.0. The Balaban J connectivity index is 2.04. The molecule has 3 unspecified atom stereocenters. The topological polar surface area (TPSA) is 76.8 Å². The summed E-state index contributed by atoms with van der Waals surface area (Å²) >= 11 is 0. The molecule has 1 amide bonds. The van der Waals surface area contributed by atoms with E-state index in [0.29, 0.717) is 12.5 Å². The molecule has 6 heteroatoms. The SMILES string of the molecule is CNC(CN1CC(OC)C(OC)C1)(C(N)=O)C1CC1. The molecule has 3 atom stereocenters. The van der Waals surface area contributed by atoms with Gasteiger partial charge in [-0.1, -0.05) is 0 Å². The Kier molecular flexibility index (Phi) is 4.45. The minimum absolute atomic E-state index is 0.0617. The van der Waals surface area contributed by atoms with E-state index in [9.17, 15) is 4.79 Å². The third-order valence-electron chi connectivity index (χ3n) is 4.53. The molecule has 2 rings (SSSR count). The molecule has 1 aliphatic carbocycles. The second kappa shape index (κ2) is 5.75. The molecule has 0 aromatic carbocycles. The molecule has 1 aliphatic heterocycles. The summed E-state index contributed by atoms with van der Waals surface area (Å²) < 4.78 is 10.9. The smallest absolute Gasteiger partial charge is 0.239 e. The first-order chi connectivity index (χ1) is 9.07. The van der Waals surface area contributed by atoms with Crippen molar-refractivity contribution in [3.05, 3.63) is 0 Å². The van der Waals surface area contributed by atoms with Crippen LogP contribution in [-0.2, 0) is 14.3 Å². The number of nitrogens with one attached hydrogen (secondary N) is 1. The van der Waals surface area contributed by atoms with Crippen LogP contribution in [0, 0.1) is 5.92 Å². The number of hydrogen-bond acceptors (Lipinski definition) is 5. The number of rotatable bonds is 7. The molecule has 2 aliphatic rings. The second-order valence-electron chi connectivity index (χ2n) is 5.60. The van der Waals surface area contributed by atoms with Crippen molar-refractivity contribution >= 4 is 5.91 Å². The molecule has 1 saturated carbocycles. The van der Waals surface area contributed by atoms with Gasteiger partial charge in [0.2, 0.25) is 5.91 Å². The summed E-state index contributed by atoms with van der Waals surface area (Å²) in [5, 5.41) is 3.17. The number of nitrogens with zero attached hydrogens (tertiary/aromatic N) is 1. The van der Waals surface area contributed by atoms with Gasteiger partial charge < -0.3 is 20.5 Å². The minimum atomic E-state index is -0.610. The maximum Gasteiger partial charge on any atom is 0.239 e. The highest BCUT2D eigenvalue weighted by atomic mass is 16.5. The summed E-state index contributed by atoms with van der Waals surface area (Å²) in [6.45, 7) is 2.18. The summed E-state index contributed by atoms with van der Waals surface area (Å²) in [7, 11) is 5.21. The minimum Gasteiger partial charge on any atom is -0.377 e. The quantitative estimate of drug-likeness (QED) is 0.633. The maximum atomic E-state index is 11.9. The molecule has 0 aromatic rings. The lowest BCUT2D eigenvalue weighted by Crippen LogP contribution is -2.62. The summed E-state index contributed by atoms with van der Waals surface area (Å²) in [5.41, 5.74) is 5.03. The van der Waals surface area contributed by atoms with Crippen LogP contribution in [0.15, 0.2) is 0 Å². The van der Waals surface area contributed by atoms with E-state index in [1.54, 1.807) is 14.2 Å². The van der Waals surface area contributed by atoms with Crippen molar-refractivity contribution in [1.82, 2.24) is 10.2 Å². The fourth-order valence-corrected chi connectivity index (χ4v) is 3.14. The van der Waals surface area contributed by atoms with Gasteiger partial charge in [0.1, 0.15) is 5.54 Å². The molecule has 0 aromatic heterocycles. The summed E-state index contributed by atoms with van der Waals surface area (Å²) in [6, 6.07) is 0. The molecule has 0 radical (unpaired) electrons. The number of nitrogens with two attached hydrogens (primary N) is 1. The highest BCUT2D eigenvalue weighted by molar-refractivity contribution is 5.86. The predicted molar refractivity (Wildman–Crippen MR) is 71.7 cm³/mol. The van der Waals surface area contributed by atoms with Crippen LogP contribution < -0.4 is 11.1 Å². The van der Waals surface area contributed by atoms with E-state index in [4.69, 9.17) is 15.2 Å². The molecular formula is C13H25N3O3. The Morgan fingerprint density at radius 1 is 1.32 bits per heavy atom. The van der Waals surface area contributed by atoms with Crippen LogP contribution in [0.5, 0.6) is 0 Å². The van der Waals surface area contributed by atoms with Crippen molar-refractivity contribution in [2.24, 2.45) is 11.7 Å². The number of amides is 1. The Hall–Kier alpha value is -0.690. The lowest BCUT2D eigenvalue weighted by molar-refractivity contribution is -0.126. The van der Waals surface area contributed by atoms with Crippen molar-refractivity contribution in [3.8, 4) is 0 Å². The second-order valence-corrected chi connectivity index (χ2v) is 5.60. The van der Waals surface area contributed by atoms with E-state index in [0.717, 1.165) is 25.9 Å². The molecule has 1 saturated heterocycles. The van der Waals surface area contributed by atoms with Crippen LogP contribution in [0.25, 0.3) is 0 Å². The van der Waals surface area contributed by atoms with Crippen LogP contribution >= 0.6 is 0 Å². The van der Waals surface area contributed by atoms with Gasteiger partial charge >= 0.3 is 0 Å². The van der Waals surface area contributed by atoms with Gasteiger partial charge in [-0.05, 0) is 25.8 Å². The number of carbonyl (C=O) groups is 1. The molecule has 6 nitrogen and oxygen atoms in total. The summed E-state index contributed by atoms with van der Waals surface area (Å²) in [5.74, 6) is 0.102. The van der Waals surface area contributed by atoms with Crippen LogP contribution in [0.2, 0.25) is 0 Å². The van der Waals surface area contributed by atoms with Crippen LogP contribution in [0.3, 0.4) is 0 Å². The van der Waals surface area contributed by atoms with E-state index in [1.165, 1.54) is 0 Å². The van der Waals surface area contributed by atoms with Gasteiger partial charge in [-0.15, -0.1) is 0 Å². The number of carbonyl (C=O) groups excluding carboxylic acids is 1. The van der Waals surface area contributed by atoms with Crippen LogP contribution in [0.4, 0.5) is 0 Å². The number of methoxy groups -OCH3 is 2.